The summed E-state index contributed by atoms with van der Waals surface area (Å²) in [4.78, 5) is 35.1. The molecule has 0 aliphatic heterocycles. The highest BCUT2D eigenvalue weighted by atomic mass is 32.2. The van der Waals surface area contributed by atoms with Gasteiger partial charge in [-0.15, -0.1) is 11.8 Å². The second-order valence-corrected chi connectivity index (χ2v) is 8.06. The molecule has 5 nitrogen and oxygen atoms in total. The van der Waals surface area contributed by atoms with Crippen molar-refractivity contribution in [2.75, 3.05) is 12.3 Å². The van der Waals surface area contributed by atoms with Gasteiger partial charge in [0.05, 0.1) is 23.2 Å². The lowest BCUT2D eigenvalue weighted by atomic mass is 10.1. The number of nitrogens with one attached hydrogen (secondary N) is 1. The molecule has 144 valence electrons. The summed E-state index contributed by atoms with van der Waals surface area (Å²) in [6.45, 7) is 2.82. The van der Waals surface area contributed by atoms with Gasteiger partial charge in [0.2, 0.25) is 5.91 Å². The summed E-state index contributed by atoms with van der Waals surface area (Å²) in [6.07, 6.45) is 3.53. The quantitative estimate of drug-likeness (QED) is 0.651. The molecule has 0 radical (unpaired) electrons. The molecule has 0 bridgehead atoms. The summed E-state index contributed by atoms with van der Waals surface area (Å²) in [6, 6.07) is 13.8. The van der Waals surface area contributed by atoms with E-state index < -0.39 is 0 Å². The Labute approximate surface area is 168 Å². The molecule has 3 aromatic rings. The second kappa shape index (κ2) is 8.19. The van der Waals surface area contributed by atoms with Crippen LogP contribution in [0.2, 0.25) is 0 Å². The molecule has 1 aliphatic rings. The van der Waals surface area contributed by atoms with Crippen molar-refractivity contribution in [3.63, 3.8) is 0 Å². The van der Waals surface area contributed by atoms with E-state index in [-0.39, 0.29) is 11.5 Å². The van der Waals surface area contributed by atoms with Crippen molar-refractivity contribution < 1.29 is 4.79 Å². The van der Waals surface area contributed by atoms with E-state index in [1.165, 1.54) is 24.0 Å². The molecule has 0 spiro atoms. The van der Waals surface area contributed by atoms with Crippen molar-refractivity contribution in [1.82, 2.24) is 14.9 Å². The molecule has 0 atom stereocenters. The number of hydrogen-bond acceptors (Lipinski definition) is 4. The van der Waals surface area contributed by atoms with Crippen LogP contribution < -0.4 is 5.56 Å². The Morgan fingerprint density at radius 3 is 2.86 bits per heavy atom. The van der Waals surface area contributed by atoms with E-state index in [9.17, 15) is 9.59 Å². The van der Waals surface area contributed by atoms with Crippen molar-refractivity contribution in [3.05, 3.63) is 69.8 Å². The Morgan fingerprint density at radius 2 is 2.00 bits per heavy atom. The van der Waals surface area contributed by atoms with Gasteiger partial charge in [-0.3, -0.25) is 9.59 Å². The summed E-state index contributed by atoms with van der Waals surface area (Å²) in [5, 5.41) is 0.563. The van der Waals surface area contributed by atoms with E-state index in [1.807, 2.05) is 25.1 Å². The molecule has 0 saturated heterocycles. The van der Waals surface area contributed by atoms with Crippen molar-refractivity contribution in [3.8, 4) is 0 Å². The van der Waals surface area contributed by atoms with Crippen LogP contribution in [0.4, 0.5) is 0 Å². The molecular weight excluding hydrogens is 370 g/mol. The van der Waals surface area contributed by atoms with Crippen molar-refractivity contribution in [2.45, 2.75) is 37.6 Å². The third kappa shape index (κ3) is 3.97. The third-order valence-corrected chi connectivity index (χ3v) is 6.15. The van der Waals surface area contributed by atoms with E-state index in [4.69, 9.17) is 0 Å². The maximum absolute atomic E-state index is 12.7. The van der Waals surface area contributed by atoms with Gasteiger partial charge in [0.1, 0.15) is 5.82 Å². The van der Waals surface area contributed by atoms with Crippen molar-refractivity contribution in [2.24, 2.45) is 0 Å². The van der Waals surface area contributed by atoms with E-state index in [1.54, 1.807) is 22.7 Å². The highest BCUT2D eigenvalue weighted by Gasteiger charge is 2.16. The minimum Gasteiger partial charge on any atom is -0.335 e. The molecule has 0 fully saturated rings. The summed E-state index contributed by atoms with van der Waals surface area (Å²) in [5.41, 5.74) is 3.34. The number of fused-ring (bicyclic) bond motifs is 2. The number of aromatic amines is 1. The highest BCUT2D eigenvalue weighted by molar-refractivity contribution is 8.00. The fraction of sp³-hybridized carbons (Fsp3) is 0.318. The number of benzene rings is 2. The van der Waals surface area contributed by atoms with Crippen LogP contribution in [0.15, 0.2) is 52.2 Å². The number of carbonyl (C=O) groups excluding carboxylic acids is 1. The normalized spacial score (nSPS) is 12.9. The molecule has 6 heteroatoms. The Kier molecular flexibility index (Phi) is 5.48. The zero-order chi connectivity index (χ0) is 19.5. The van der Waals surface area contributed by atoms with E-state index in [0.29, 0.717) is 35.6 Å². The summed E-state index contributed by atoms with van der Waals surface area (Å²) >= 11 is 1.57. The lowest BCUT2D eigenvalue weighted by Gasteiger charge is -2.20. The Morgan fingerprint density at radius 1 is 1.18 bits per heavy atom. The van der Waals surface area contributed by atoms with Gasteiger partial charge < -0.3 is 9.88 Å². The number of thioether (sulfide) groups is 1. The van der Waals surface area contributed by atoms with Crippen LogP contribution in [-0.4, -0.2) is 33.1 Å². The lowest BCUT2D eigenvalue weighted by molar-refractivity contribution is -0.128. The number of H-pyrrole nitrogens is 1. The number of nitrogens with zero attached hydrogens (tertiary/aromatic N) is 2. The number of rotatable bonds is 6. The number of amides is 1. The van der Waals surface area contributed by atoms with E-state index >= 15 is 0 Å². The molecule has 28 heavy (non-hydrogen) atoms. The smallest absolute Gasteiger partial charge is 0.258 e. The SMILES string of the molecule is CCN(Cc1nc2ccccc2c(=O)[nH]1)C(=O)CSc1ccc2c(c1)CCC2. The lowest BCUT2D eigenvalue weighted by Crippen LogP contribution is -2.33. The molecule has 2 aromatic carbocycles. The van der Waals surface area contributed by atoms with Gasteiger partial charge in [0, 0.05) is 11.4 Å². The van der Waals surface area contributed by atoms with Crippen LogP contribution in [0.1, 0.15) is 30.3 Å². The number of aromatic nitrogens is 2. The average molecular weight is 394 g/mol. The Bertz CT molecular complexity index is 1080. The predicted octanol–water partition coefficient (Wildman–Crippen LogP) is 3.55. The standard InChI is InChI=1S/C22H23N3O2S/c1-2-25(13-20-23-19-9-4-3-8-18(19)22(27)24-20)21(26)14-28-17-11-10-15-6-5-7-16(15)12-17/h3-4,8-12H,2,5-7,13-14H2,1H3,(H,23,24,27). The summed E-state index contributed by atoms with van der Waals surface area (Å²) in [5.74, 6) is 0.940. The number of hydrogen-bond donors (Lipinski definition) is 1. The van der Waals surface area contributed by atoms with Gasteiger partial charge in [-0.05, 0) is 61.6 Å². The molecule has 0 unspecified atom stereocenters. The first-order valence-corrected chi connectivity index (χ1v) is 10.6. The molecule has 1 N–H and O–H groups in total. The average Bonchev–Trinajstić information content (AvgIpc) is 3.18. The summed E-state index contributed by atoms with van der Waals surface area (Å²) in [7, 11) is 0. The van der Waals surface area contributed by atoms with Crippen LogP contribution in [0, 0.1) is 0 Å². The first-order chi connectivity index (χ1) is 13.6. The van der Waals surface area contributed by atoms with Gasteiger partial charge in [-0.2, -0.15) is 0 Å². The van der Waals surface area contributed by atoms with Gasteiger partial charge in [-0.1, -0.05) is 18.2 Å². The van der Waals surface area contributed by atoms with Crippen molar-refractivity contribution in [1.29, 1.82) is 0 Å². The van der Waals surface area contributed by atoms with E-state index in [0.717, 1.165) is 11.3 Å². The van der Waals surface area contributed by atoms with E-state index in [2.05, 4.69) is 28.2 Å². The zero-order valence-electron chi connectivity index (χ0n) is 15.9. The molecule has 1 heterocycles. The van der Waals surface area contributed by atoms with Crippen LogP contribution in [-0.2, 0) is 24.2 Å². The van der Waals surface area contributed by atoms with Gasteiger partial charge >= 0.3 is 0 Å². The van der Waals surface area contributed by atoms with Crippen LogP contribution in [0.3, 0.4) is 0 Å². The highest BCUT2D eigenvalue weighted by Crippen LogP contribution is 2.27. The maximum Gasteiger partial charge on any atom is 0.258 e. The maximum atomic E-state index is 12.7. The number of para-hydroxylation sites is 1. The topological polar surface area (TPSA) is 66.1 Å². The molecule has 0 saturated carbocycles. The Hall–Kier alpha value is -2.60. The molecular formula is C22H23N3O2S. The van der Waals surface area contributed by atoms with Gasteiger partial charge in [0.15, 0.2) is 0 Å². The van der Waals surface area contributed by atoms with Crippen molar-refractivity contribution >= 4 is 28.6 Å². The minimum absolute atomic E-state index is 0.0452. The first-order valence-electron chi connectivity index (χ1n) is 9.64. The monoisotopic (exact) mass is 393 g/mol. The third-order valence-electron chi connectivity index (χ3n) is 5.17. The Balaban J connectivity index is 1.43. The van der Waals surface area contributed by atoms with Gasteiger partial charge in [0.25, 0.3) is 5.56 Å². The number of aryl methyl sites for hydroxylation is 2. The zero-order valence-corrected chi connectivity index (χ0v) is 16.7. The van der Waals surface area contributed by atoms with Crippen LogP contribution in [0.25, 0.3) is 10.9 Å². The number of carbonyl (C=O) groups is 1. The first kappa shape index (κ1) is 18.7. The van der Waals surface area contributed by atoms with Crippen LogP contribution >= 0.6 is 11.8 Å². The fourth-order valence-corrected chi connectivity index (χ4v) is 4.50. The fourth-order valence-electron chi connectivity index (χ4n) is 3.64. The van der Waals surface area contributed by atoms with Gasteiger partial charge in [-0.25, -0.2) is 4.98 Å². The predicted molar refractivity (Wildman–Crippen MR) is 113 cm³/mol. The largest absolute Gasteiger partial charge is 0.335 e. The summed E-state index contributed by atoms with van der Waals surface area (Å²) < 4.78 is 0. The molecule has 1 amide bonds. The molecule has 1 aliphatic carbocycles. The molecule has 4 rings (SSSR count). The second-order valence-electron chi connectivity index (χ2n) is 7.01. The minimum atomic E-state index is -0.170. The molecule has 1 aromatic heterocycles. The van der Waals surface area contributed by atoms with Crippen LogP contribution in [0.5, 0.6) is 0 Å².